The van der Waals surface area contributed by atoms with E-state index in [2.05, 4.69) is 4.98 Å². The van der Waals surface area contributed by atoms with Crippen molar-refractivity contribution in [2.45, 2.75) is 25.3 Å². The lowest BCUT2D eigenvalue weighted by molar-refractivity contribution is 0.0696. The second-order valence-corrected chi connectivity index (χ2v) is 5.57. The van der Waals surface area contributed by atoms with Crippen LogP contribution in [0.1, 0.15) is 30.6 Å². The number of hydrogen-bond acceptors (Lipinski definition) is 4. The quantitative estimate of drug-likeness (QED) is 0.840. The Labute approximate surface area is 106 Å². The molecule has 1 rings (SSSR count). The Bertz CT molecular complexity index is 510. The fraction of sp³-hybridized carbons (Fsp3) is 0.455. The molecule has 0 saturated heterocycles. The van der Waals surface area contributed by atoms with Gasteiger partial charge in [0.2, 0.25) is 0 Å². The molecular weight excluding hydrogens is 256 g/mol. The molecule has 0 saturated carbocycles. The minimum absolute atomic E-state index is 0.0347. The number of aromatic nitrogens is 1. The van der Waals surface area contributed by atoms with E-state index in [-0.39, 0.29) is 10.6 Å². The van der Waals surface area contributed by atoms with Crippen molar-refractivity contribution in [1.82, 2.24) is 9.29 Å². The maximum Gasteiger partial charge on any atom is 0.337 e. The van der Waals surface area contributed by atoms with E-state index in [9.17, 15) is 13.2 Å². The Morgan fingerprint density at radius 1 is 1.39 bits per heavy atom. The SMILES string of the molecule is CCCN(CC)S(=O)(=O)c1ccc(C(=O)O)cn1. The molecule has 1 aromatic rings. The molecule has 0 aromatic carbocycles. The van der Waals surface area contributed by atoms with Crippen LogP contribution in [0.5, 0.6) is 0 Å². The molecule has 1 heterocycles. The van der Waals surface area contributed by atoms with Gasteiger partial charge in [-0.15, -0.1) is 0 Å². The maximum atomic E-state index is 12.2. The first-order valence-electron chi connectivity index (χ1n) is 5.63. The summed E-state index contributed by atoms with van der Waals surface area (Å²) >= 11 is 0. The van der Waals surface area contributed by atoms with Gasteiger partial charge in [-0.1, -0.05) is 13.8 Å². The van der Waals surface area contributed by atoms with Crippen LogP contribution in [-0.4, -0.2) is 41.9 Å². The van der Waals surface area contributed by atoms with Crippen LogP contribution >= 0.6 is 0 Å². The third kappa shape index (κ3) is 3.05. The first-order valence-corrected chi connectivity index (χ1v) is 7.07. The first kappa shape index (κ1) is 14.6. The Morgan fingerprint density at radius 2 is 2.06 bits per heavy atom. The summed E-state index contributed by atoms with van der Waals surface area (Å²) in [4.78, 5) is 14.4. The Kier molecular flexibility index (Phi) is 4.80. The number of carboxylic acid groups (broad SMARTS) is 1. The summed E-state index contributed by atoms with van der Waals surface area (Å²) in [5.74, 6) is -1.13. The lowest BCUT2D eigenvalue weighted by Crippen LogP contribution is -2.32. The molecule has 1 N–H and O–H groups in total. The van der Waals surface area contributed by atoms with Gasteiger partial charge in [0, 0.05) is 19.3 Å². The normalized spacial score (nSPS) is 11.7. The van der Waals surface area contributed by atoms with Gasteiger partial charge in [0.1, 0.15) is 0 Å². The maximum absolute atomic E-state index is 12.2. The molecule has 0 unspecified atom stereocenters. The van der Waals surface area contributed by atoms with Crippen LogP contribution in [0, 0.1) is 0 Å². The summed E-state index contributed by atoms with van der Waals surface area (Å²) in [5, 5.41) is 8.60. The molecule has 6 nitrogen and oxygen atoms in total. The van der Waals surface area contributed by atoms with Gasteiger partial charge in [-0.05, 0) is 18.6 Å². The van der Waals surface area contributed by atoms with E-state index in [4.69, 9.17) is 5.11 Å². The monoisotopic (exact) mass is 272 g/mol. The van der Waals surface area contributed by atoms with Crippen molar-refractivity contribution >= 4 is 16.0 Å². The van der Waals surface area contributed by atoms with Crippen LogP contribution in [0.15, 0.2) is 23.4 Å². The second kappa shape index (κ2) is 5.92. The van der Waals surface area contributed by atoms with Crippen LogP contribution in [0.4, 0.5) is 0 Å². The highest BCUT2D eigenvalue weighted by molar-refractivity contribution is 7.89. The van der Waals surface area contributed by atoms with Crippen LogP contribution in [0.3, 0.4) is 0 Å². The van der Waals surface area contributed by atoms with Crippen LogP contribution in [-0.2, 0) is 10.0 Å². The summed E-state index contributed by atoms with van der Waals surface area (Å²) in [6, 6.07) is 2.46. The smallest absolute Gasteiger partial charge is 0.337 e. The van der Waals surface area contributed by atoms with Crippen molar-refractivity contribution in [3.8, 4) is 0 Å². The fourth-order valence-corrected chi connectivity index (χ4v) is 2.94. The van der Waals surface area contributed by atoms with Gasteiger partial charge in [0.15, 0.2) is 5.03 Å². The van der Waals surface area contributed by atoms with E-state index in [1.54, 1.807) is 6.92 Å². The lowest BCUT2D eigenvalue weighted by atomic mass is 10.3. The second-order valence-electron chi connectivity index (χ2n) is 3.69. The van der Waals surface area contributed by atoms with Gasteiger partial charge in [-0.2, -0.15) is 4.31 Å². The van der Waals surface area contributed by atoms with Crippen molar-refractivity contribution in [1.29, 1.82) is 0 Å². The molecule has 0 aliphatic heterocycles. The molecule has 0 spiro atoms. The number of hydrogen-bond donors (Lipinski definition) is 1. The zero-order chi connectivity index (χ0) is 13.8. The molecule has 0 aliphatic carbocycles. The average Bonchev–Trinajstić information content (AvgIpc) is 2.35. The number of rotatable bonds is 6. The van der Waals surface area contributed by atoms with Gasteiger partial charge in [0.05, 0.1) is 5.56 Å². The molecule has 100 valence electrons. The molecule has 0 amide bonds. The summed E-state index contributed by atoms with van der Waals surface area (Å²) in [5.41, 5.74) is -0.0347. The van der Waals surface area contributed by atoms with E-state index >= 15 is 0 Å². The van der Waals surface area contributed by atoms with Gasteiger partial charge in [-0.3, -0.25) is 0 Å². The van der Waals surface area contributed by atoms with Gasteiger partial charge in [0.25, 0.3) is 10.0 Å². The van der Waals surface area contributed by atoms with E-state index in [1.165, 1.54) is 16.4 Å². The van der Waals surface area contributed by atoms with E-state index in [0.717, 1.165) is 6.20 Å². The van der Waals surface area contributed by atoms with E-state index in [1.807, 2.05) is 6.92 Å². The predicted octanol–water partition coefficient (Wildman–Crippen LogP) is 1.20. The largest absolute Gasteiger partial charge is 0.478 e. The molecule has 0 radical (unpaired) electrons. The molecule has 18 heavy (non-hydrogen) atoms. The van der Waals surface area contributed by atoms with Crippen molar-refractivity contribution in [3.05, 3.63) is 23.9 Å². The fourth-order valence-electron chi connectivity index (χ4n) is 1.49. The topological polar surface area (TPSA) is 87.6 Å². The van der Waals surface area contributed by atoms with Crippen molar-refractivity contribution < 1.29 is 18.3 Å². The van der Waals surface area contributed by atoms with E-state index < -0.39 is 16.0 Å². The molecule has 0 aliphatic rings. The molecule has 0 atom stereocenters. The molecular formula is C11H16N2O4S. The van der Waals surface area contributed by atoms with Gasteiger partial charge in [-0.25, -0.2) is 18.2 Å². The van der Waals surface area contributed by atoms with Crippen molar-refractivity contribution in [2.75, 3.05) is 13.1 Å². The van der Waals surface area contributed by atoms with Crippen molar-refractivity contribution in [2.24, 2.45) is 0 Å². The zero-order valence-electron chi connectivity index (χ0n) is 10.3. The first-order chi connectivity index (χ1) is 8.43. The highest BCUT2D eigenvalue weighted by Crippen LogP contribution is 2.13. The zero-order valence-corrected chi connectivity index (χ0v) is 11.1. The summed E-state index contributed by atoms with van der Waals surface area (Å²) in [6.07, 6.45) is 1.76. The third-order valence-corrected chi connectivity index (χ3v) is 4.30. The number of sulfonamides is 1. The van der Waals surface area contributed by atoms with Crippen molar-refractivity contribution in [3.63, 3.8) is 0 Å². The molecule has 1 aromatic heterocycles. The standard InChI is InChI=1S/C11H16N2O4S/c1-3-7-13(4-2)18(16,17)10-6-5-9(8-12-10)11(14)15/h5-6,8H,3-4,7H2,1-2H3,(H,14,15). The number of pyridine rings is 1. The Morgan fingerprint density at radius 3 is 2.44 bits per heavy atom. The molecule has 0 bridgehead atoms. The molecule has 0 fully saturated rings. The highest BCUT2D eigenvalue weighted by Gasteiger charge is 2.23. The molecule has 7 heteroatoms. The van der Waals surface area contributed by atoms with Crippen LogP contribution in [0.2, 0.25) is 0 Å². The highest BCUT2D eigenvalue weighted by atomic mass is 32.2. The Balaban J connectivity index is 3.08. The minimum Gasteiger partial charge on any atom is -0.478 e. The van der Waals surface area contributed by atoms with Crippen LogP contribution < -0.4 is 0 Å². The lowest BCUT2D eigenvalue weighted by Gasteiger charge is -2.18. The number of aromatic carboxylic acids is 1. The minimum atomic E-state index is -3.63. The van der Waals surface area contributed by atoms with Gasteiger partial charge < -0.3 is 5.11 Å². The summed E-state index contributed by atoms with van der Waals surface area (Å²) < 4.78 is 25.6. The van der Waals surface area contributed by atoms with Crippen LogP contribution in [0.25, 0.3) is 0 Å². The predicted molar refractivity (Wildman–Crippen MR) is 65.9 cm³/mol. The third-order valence-electron chi connectivity index (χ3n) is 2.41. The van der Waals surface area contributed by atoms with Gasteiger partial charge >= 0.3 is 5.97 Å². The summed E-state index contributed by atoms with van der Waals surface area (Å²) in [6.45, 7) is 4.41. The number of nitrogens with zero attached hydrogens (tertiary/aromatic N) is 2. The Hall–Kier alpha value is -1.47. The van der Waals surface area contributed by atoms with E-state index in [0.29, 0.717) is 19.5 Å². The average molecular weight is 272 g/mol. The summed E-state index contributed by atoms with van der Waals surface area (Å²) in [7, 11) is -3.63. The number of carbonyl (C=O) groups is 1. The number of carboxylic acids is 1.